The van der Waals surface area contributed by atoms with Crippen LogP contribution in [-0.4, -0.2) is 15.6 Å². The molecule has 0 saturated heterocycles. The number of carboxylic acids is 1. The van der Waals surface area contributed by atoms with Gasteiger partial charge in [-0.05, 0) is 48.9 Å². The summed E-state index contributed by atoms with van der Waals surface area (Å²) >= 11 is 7.54. The molecule has 128 valence electrons. The Bertz CT molecular complexity index is 968. The molecule has 0 saturated carbocycles. The van der Waals surface area contributed by atoms with Crippen LogP contribution in [0, 0.1) is 5.82 Å². The van der Waals surface area contributed by atoms with Gasteiger partial charge in [-0.15, -0.1) is 0 Å². The number of carbonyl (C=O) groups is 1. The lowest BCUT2D eigenvalue weighted by Crippen LogP contribution is -2.04. The molecule has 2 heterocycles. The van der Waals surface area contributed by atoms with Crippen LogP contribution in [0.1, 0.15) is 24.5 Å². The molecular weight excluding hydrogens is 361 g/mol. The van der Waals surface area contributed by atoms with Gasteiger partial charge < -0.3 is 9.67 Å². The molecule has 0 amide bonds. The molecule has 0 aliphatic carbocycles. The fourth-order valence-corrected chi connectivity index (χ4v) is 4.81. The highest BCUT2D eigenvalue weighted by atomic mass is 35.5. The van der Waals surface area contributed by atoms with E-state index in [1.807, 2.05) is 24.3 Å². The summed E-state index contributed by atoms with van der Waals surface area (Å²) in [5.74, 6) is -1.14. The zero-order valence-electron chi connectivity index (χ0n) is 13.2. The third kappa shape index (κ3) is 3.02. The molecular formula is C19H15ClFNO2S. The number of benzene rings is 2. The maximum Gasteiger partial charge on any atom is 0.304 e. The molecule has 0 bridgehead atoms. The fourth-order valence-electron chi connectivity index (χ4n) is 3.52. The Labute approximate surface area is 153 Å². The Morgan fingerprint density at radius 1 is 1.28 bits per heavy atom. The lowest BCUT2D eigenvalue weighted by atomic mass is 10.0. The highest BCUT2D eigenvalue weighted by molar-refractivity contribution is 7.99. The summed E-state index contributed by atoms with van der Waals surface area (Å²) in [4.78, 5) is 13.3. The second-order valence-corrected chi connectivity index (χ2v) is 7.69. The van der Waals surface area contributed by atoms with Gasteiger partial charge in [0.25, 0.3) is 0 Å². The van der Waals surface area contributed by atoms with Crippen LogP contribution in [0.15, 0.2) is 52.3 Å². The highest BCUT2D eigenvalue weighted by Crippen LogP contribution is 2.46. The summed E-state index contributed by atoms with van der Waals surface area (Å²) in [6.45, 7) is 0.717. The molecule has 3 nitrogen and oxygen atoms in total. The van der Waals surface area contributed by atoms with Gasteiger partial charge in [0.2, 0.25) is 0 Å². The van der Waals surface area contributed by atoms with Crippen molar-refractivity contribution in [1.82, 2.24) is 4.57 Å². The molecule has 1 aliphatic heterocycles. The molecule has 0 radical (unpaired) electrons. The first kappa shape index (κ1) is 16.5. The summed E-state index contributed by atoms with van der Waals surface area (Å²) in [6.07, 6.45) is 0.856. The fraction of sp³-hybridized carbons (Fsp3) is 0.211. The number of aryl methyl sites for hydroxylation is 1. The Kier molecular flexibility index (Phi) is 4.21. The van der Waals surface area contributed by atoms with Gasteiger partial charge in [-0.25, -0.2) is 4.39 Å². The van der Waals surface area contributed by atoms with E-state index in [1.165, 1.54) is 12.1 Å². The lowest BCUT2D eigenvalue weighted by molar-refractivity contribution is -0.137. The van der Waals surface area contributed by atoms with Crippen LogP contribution < -0.4 is 0 Å². The van der Waals surface area contributed by atoms with Gasteiger partial charge in [-0.1, -0.05) is 23.4 Å². The standard InChI is InChI=1S/C19H15ClFNO2S/c20-12-1-4-14(5-2-12)25-19-15-6-3-13(21)10-16(15)22-8-7-11(18(19)22)9-17(23)24/h1-6,10-11H,7-9H2,(H,23,24)/t11-/m1/s1. The maximum atomic E-state index is 13.8. The molecule has 4 rings (SSSR count). The monoisotopic (exact) mass is 375 g/mol. The van der Waals surface area contributed by atoms with Crippen LogP contribution in [0.2, 0.25) is 5.02 Å². The molecule has 1 N–H and O–H groups in total. The van der Waals surface area contributed by atoms with E-state index in [-0.39, 0.29) is 18.2 Å². The molecule has 0 spiro atoms. The summed E-state index contributed by atoms with van der Waals surface area (Å²) in [5.41, 5.74) is 1.84. The minimum absolute atomic E-state index is 0.0530. The van der Waals surface area contributed by atoms with Crippen LogP contribution in [0.4, 0.5) is 4.39 Å². The van der Waals surface area contributed by atoms with Gasteiger partial charge in [0.05, 0.1) is 11.9 Å². The second kappa shape index (κ2) is 6.39. The smallest absolute Gasteiger partial charge is 0.304 e. The minimum Gasteiger partial charge on any atom is -0.481 e. The Morgan fingerprint density at radius 3 is 2.76 bits per heavy atom. The topological polar surface area (TPSA) is 42.2 Å². The Hall–Kier alpha value is -1.98. The number of hydrogen-bond acceptors (Lipinski definition) is 2. The van der Waals surface area contributed by atoms with Crippen molar-refractivity contribution < 1.29 is 14.3 Å². The van der Waals surface area contributed by atoms with Gasteiger partial charge in [-0.2, -0.15) is 0 Å². The van der Waals surface area contributed by atoms with Gasteiger partial charge >= 0.3 is 5.97 Å². The number of nitrogens with zero attached hydrogens (tertiary/aromatic N) is 1. The molecule has 0 fully saturated rings. The number of halogens is 2. The molecule has 3 aromatic rings. The largest absolute Gasteiger partial charge is 0.481 e. The zero-order chi connectivity index (χ0) is 17.6. The van der Waals surface area contributed by atoms with Crippen LogP contribution in [-0.2, 0) is 11.3 Å². The molecule has 1 aliphatic rings. The first-order valence-corrected chi connectivity index (χ1v) is 9.19. The van der Waals surface area contributed by atoms with Crippen LogP contribution in [0.5, 0.6) is 0 Å². The van der Waals surface area contributed by atoms with Crippen LogP contribution >= 0.6 is 23.4 Å². The van der Waals surface area contributed by atoms with E-state index in [9.17, 15) is 14.3 Å². The summed E-state index contributed by atoms with van der Waals surface area (Å²) in [6, 6.07) is 12.3. The normalized spacial score (nSPS) is 16.3. The van der Waals surface area contributed by atoms with E-state index in [1.54, 1.807) is 17.8 Å². The summed E-state index contributed by atoms with van der Waals surface area (Å²) < 4.78 is 15.8. The average molecular weight is 376 g/mol. The van der Waals surface area contributed by atoms with Crippen molar-refractivity contribution in [2.24, 2.45) is 0 Å². The van der Waals surface area contributed by atoms with E-state index >= 15 is 0 Å². The summed E-state index contributed by atoms with van der Waals surface area (Å²) in [5, 5.41) is 10.9. The van der Waals surface area contributed by atoms with Crippen LogP contribution in [0.25, 0.3) is 10.9 Å². The predicted molar refractivity (Wildman–Crippen MR) is 97.1 cm³/mol. The maximum absolute atomic E-state index is 13.8. The van der Waals surface area contributed by atoms with E-state index in [2.05, 4.69) is 4.57 Å². The Balaban J connectivity index is 1.86. The van der Waals surface area contributed by atoms with E-state index in [0.29, 0.717) is 11.6 Å². The van der Waals surface area contributed by atoms with E-state index in [0.717, 1.165) is 32.8 Å². The highest BCUT2D eigenvalue weighted by Gasteiger charge is 2.31. The summed E-state index contributed by atoms with van der Waals surface area (Å²) in [7, 11) is 0. The van der Waals surface area contributed by atoms with Gasteiger partial charge in [0, 0.05) is 38.4 Å². The van der Waals surface area contributed by atoms with Crippen molar-refractivity contribution in [2.75, 3.05) is 0 Å². The predicted octanol–water partition coefficient (Wildman–Crippen LogP) is 5.55. The average Bonchev–Trinajstić information content (AvgIpc) is 3.09. The van der Waals surface area contributed by atoms with E-state index < -0.39 is 5.97 Å². The molecule has 25 heavy (non-hydrogen) atoms. The molecule has 0 unspecified atom stereocenters. The number of rotatable bonds is 4. The number of fused-ring (bicyclic) bond motifs is 3. The number of aliphatic carboxylic acids is 1. The van der Waals surface area contributed by atoms with Crippen LogP contribution in [0.3, 0.4) is 0 Å². The van der Waals surface area contributed by atoms with Gasteiger partial charge in [0.1, 0.15) is 5.82 Å². The quantitative estimate of drug-likeness (QED) is 0.650. The number of carboxylic acid groups (broad SMARTS) is 1. The number of aromatic nitrogens is 1. The van der Waals surface area contributed by atoms with Gasteiger partial charge in [0.15, 0.2) is 0 Å². The van der Waals surface area contributed by atoms with E-state index in [4.69, 9.17) is 11.6 Å². The lowest BCUT2D eigenvalue weighted by Gasteiger charge is -2.10. The molecule has 2 aromatic carbocycles. The van der Waals surface area contributed by atoms with Crippen molar-refractivity contribution in [3.05, 3.63) is 59.0 Å². The molecule has 6 heteroatoms. The first-order valence-electron chi connectivity index (χ1n) is 8.00. The second-order valence-electron chi connectivity index (χ2n) is 6.17. The van der Waals surface area contributed by atoms with Crippen molar-refractivity contribution in [3.8, 4) is 0 Å². The van der Waals surface area contributed by atoms with Crippen molar-refractivity contribution in [3.63, 3.8) is 0 Å². The first-order chi connectivity index (χ1) is 12.0. The minimum atomic E-state index is -0.808. The number of hydrogen-bond donors (Lipinski definition) is 1. The SMILES string of the molecule is O=C(O)C[C@H]1CCn2c1c(Sc1ccc(Cl)cc1)c1ccc(F)cc12. The third-order valence-corrected chi connectivity index (χ3v) is 5.95. The molecule has 1 aromatic heterocycles. The zero-order valence-corrected chi connectivity index (χ0v) is 14.8. The Morgan fingerprint density at radius 2 is 2.04 bits per heavy atom. The van der Waals surface area contributed by atoms with Gasteiger partial charge in [-0.3, -0.25) is 4.79 Å². The van der Waals surface area contributed by atoms with Crippen molar-refractivity contribution in [2.45, 2.75) is 35.1 Å². The van der Waals surface area contributed by atoms with Crippen molar-refractivity contribution in [1.29, 1.82) is 0 Å². The van der Waals surface area contributed by atoms with Crippen molar-refractivity contribution >= 4 is 40.2 Å². The molecule has 1 atom stereocenters. The third-order valence-electron chi connectivity index (χ3n) is 4.56.